The monoisotopic (exact) mass is 282 g/mol. The van der Waals surface area contributed by atoms with Gasteiger partial charge < -0.3 is 25.2 Å². The lowest BCUT2D eigenvalue weighted by Gasteiger charge is -2.10. The van der Waals surface area contributed by atoms with Gasteiger partial charge in [0.15, 0.2) is 11.5 Å². The van der Waals surface area contributed by atoms with Crippen molar-refractivity contribution in [2.24, 2.45) is 0 Å². The molecule has 7 heteroatoms. The lowest BCUT2D eigenvalue weighted by Crippen LogP contribution is -2.39. The Hall–Kier alpha value is -2.44. The zero-order chi connectivity index (χ0) is 15.0. The minimum absolute atomic E-state index is 0.390. The van der Waals surface area contributed by atoms with Crippen LogP contribution < -0.4 is 20.1 Å². The van der Waals surface area contributed by atoms with Crippen LogP contribution in [0.1, 0.15) is 5.56 Å². The van der Waals surface area contributed by atoms with E-state index in [1.165, 1.54) is 0 Å². The maximum Gasteiger partial charge on any atom is 0.323 e. The van der Waals surface area contributed by atoms with Crippen molar-refractivity contribution in [2.45, 2.75) is 6.42 Å². The summed E-state index contributed by atoms with van der Waals surface area (Å²) in [6.45, 7) is -0.0108. The molecule has 0 atom stereocenters. The van der Waals surface area contributed by atoms with E-state index in [1.807, 2.05) is 12.1 Å². The molecule has 0 aromatic heterocycles. The van der Waals surface area contributed by atoms with Gasteiger partial charge in [-0.25, -0.2) is 4.79 Å². The second-order valence-electron chi connectivity index (χ2n) is 3.94. The van der Waals surface area contributed by atoms with Crippen molar-refractivity contribution in [1.29, 1.82) is 0 Å². The molecule has 1 aromatic rings. The number of amides is 2. The summed E-state index contributed by atoms with van der Waals surface area (Å²) in [5.74, 6) is 0.184. The average Bonchev–Trinajstić information content (AvgIpc) is 2.44. The number of urea groups is 1. The Morgan fingerprint density at radius 2 is 1.85 bits per heavy atom. The third kappa shape index (κ3) is 5.05. The minimum atomic E-state index is -1.08. The van der Waals surface area contributed by atoms with Gasteiger partial charge >= 0.3 is 12.0 Å². The molecule has 0 aliphatic rings. The molecule has 0 saturated carbocycles. The van der Waals surface area contributed by atoms with E-state index < -0.39 is 18.5 Å². The van der Waals surface area contributed by atoms with Gasteiger partial charge in [-0.3, -0.25) is 4.79 Å². The zero-order valence-corrected chi connectivity index (χ0v) is 11.4. The van der Waals surface area contributed by atoms with Crippen molar-refractivity contribution in [1.82, 2.24) is 10.6 Å². The molecule has 20 heavy (non-hydrogen) atoms. The highest BCUT2D eigenvalue weighted by molar-refractivity contribution is 5.79. The first kappa shape index (κ1) is 15.6. The molecule has 0 fully saturated rings. The van der Waals surface area contributed by atoms with Gasteiger partial charge in [0.1, 0.15) is 6.54 Å². The van der Waals surface area contributed by atoms with Gasteiger partial charge in [-0.05, 0) is 24.1 Å². The first-order chi connectivity index (χ1) is 9.56. The standard InChI is InChI=1S/C13H18N2O5/c1-19-10-4-3-9(7-11(10)20-2)5-6-14-13(18)15-8-12(16)17/h3-4,7H,5-6,8H2,1-2H3,(H,16,17)(H2,14,15,18). The van der Waals surface area contributed by atoms with Crippen LogP contribution in [0.2, 0.25) is 0 Å². The highest BCUT2D eigenvalue weighted by Gasteiger charge is 2.06. The molecule has 0 aliphatic heterocycles. The fraction of sp³-hybridized carbons (Fsp3) is 0.385. The first-order valence-corrected chi connectivity index (χ1v) is 6.01. The summed E-state index contributed by atoms with van der Waals surface area (Å²) in [7, 11) is 3.12. The van der Waals surface area contributed by atoms with E-state index in [1.54, 1.807) is 20.3 Å². The minimum Gasteiger partial charge on any atom is -0.493 e. The van der Waals surface area contributed by atoms with Crippen molar-refractivity contribution in [3.8, 4) is 11.5 Å². The highest BCUT2D eigenvalue weighted by atomic mass is 16.5. The van der Waals surface area contributed by atoms with Gasteiger partial charge in [-0.1, -0.05) is 6.07 Å². The Morgan fingerprint density at radius 1 is 1.15 bits per heavy atom. The molecule has 0 heterocycles. The van der Waals surface area contributed by atoms with Crippen LogP contribution in [-0.4, -0.2) is 44.4 Å². The van der Waals surface area contributed by atoms with Crippen LogP contribution in [0.3, 0.4) is 0 Å². The number of ether oxygens (including phenoxy) is 2. The Morgan fingerprint density at radius 3 is 2.45 bits per heavy atom. The van der Waals surface area contributed by atoms with Gasteiger partial charge in [-0.15, -0.1) is 0 Å². The topological polar surface area (TPSA) is 96.9 Å². The number of rotatable bonds is 7. The smallest absolute Gasteiger partial charge is 0.323 e. The van der Waals surface area contributed by atoms with Crippen LogP contribution in [0.25, 0.3) is 0 Å². The third-order valence-electron chi connectivity index (χ3n) is 2.55. The van der Waals surface area contributed by atoms with Crippen LogP contribution in [0.5, 0.6) is 11.5 Å². The molecule has 110 valence electrons. The molecule has 0 aliphatic carbocycles. The predicted molar refractivity (Wildman–Crippen MR) is 72.3 cm³/mol. The molecule has 3 N–H and O–H groups in total. The van der Waals surface area contributed by atoms with E-state index in [-0.39, 0.29) is 0 Å². The number of carbonyl (C=O) groups excluding carboxylic acids is 1. The van der Waals surface area contributed by atoms with Crippen LogP contribution in [-0.2, 0) is 11.2 Å². The SMILES string of the molecule is COc1ccc(CCNC(=O)NCC(=O)O)cc1OC. The van der Waals surface area contributed by atoms with E-state index in [4.69, 9.17) is 14.6 Å². The first-order valence-electron chi connectivity index (χ1n) is 6.01. The van der Waals surface area contributed by atoms with E-state index in [2.05, 4.69) is 10.6 Å². The van der Waals surface area contributed by atoms with E-state index >= 15 is 0 Å². The van der Waals surface area contributed by atoms with Gasteiger partial charge in [0.25, 0.3) is 0 Å². The Kier molecular flexibility index (Phi) is 6.15. The molecular weight excluding hydrogens is 264 g/mol. The summed E-state index contributed by atoms with van der Waals surface area (Å²) in [4.78, 5) is 21.5. The van der Waals surface area contributed by atoms with Crippen LogP contribution in [0.15, 0.2) is 18.2 Å². The zero-order valence-electron chi connectivity index (χ0n) is 11.4. The van der Waals surface area contributed by atoms with Crippen LogP contribution in [0.4, 0.5) is 4.79 Å². The normalized spacial score (nSPS) is 9.70. The van der Waals surface area contributed by atoms with Crippen molar-refractivity contribution in [3.63, 3.8) is 0 Å². The summed E-state index contributed by atoms with van der Waals surface area (Å²) in [6.07, 6.45) is 0.598. The number of carbonyl (C=O) groups is 2. The van der Waals surface area contributed by atoms with Gasteiger partial charge in [0, 0.05) is 6.54 Å². The summed E-state index contributed by atoms with van der Waals surface area (Å²) in [5.41, 5.74) is 0.973. The number of carboxylic acids is 1. The molecule has 0 radical (unpaired) electrons. The number of benzene rings is 1. The molecule has 7 nitrogen and oxygen atoms in total. The van der Waals surface area contributed by atoms with E-state index in [0.29, 0.717) is 24.5 Å². The Balaban J connectivity index is 2.42. The predicted octanol–water partition coefficient (Wildman–Crippen LogP) is 0.630. The number of aliphatic carboxylic acids is 1. The largest absolute Gasteiger partial charge is 0.493 e. The maximum atomic E-state index is 11.2. The fourth-order valence-electron chi connectivity index (χ4n) is 1.57. The second kappa shape index (κ2) is 7.88. The molecular formula is C13H18N2O5. The lowest BCUT2D eigenvalue weighted by molar-refractivity contribution is -0.135. The van der Waals surface area contributed by atoms with Crippen LogP contribution in [0, 0.1) is 0 Å². The Bertz CT molecular complexity index is 476. The van der Waals surface area contributed by atoms with Crippen molar-refractivity contribution in [3.05, 3.63) is 23.8 Å². The van der Waals surface area contributed by atoms with Gasteiger partial charge in [0.2, 0.25) is 0 Å². The molecule has 0 unspecified atom stereocenters. The number of carboxylic acid groups (broad SMARTS) is 1. The van der Waals surface area contributed by atoms with Gasteiger partial charge in [0.05, 0.1) is 14.2 Å². The number of hydrogen-bond acceptors (Lipinski definition) is 4. The maximum absolute atomic E-state index is 11.2. The quantitative estimate of drug-likeness (QED) is 0.681. The van der Waals surface area contributed by atoms with Crippen molar-refractivity contribution in [2.75, 3.05) is 27.3 Å². The van der Waals surface area contributed by atoms with E-state index in [9.17, 15) is 9.59 Å². The summed E-state index contributed by atoms with van der Waals surface area (Å²) in [6, 6.07) is 4.99. The fourth-order valence-corrected chi connectivity index (χ4v) is 1.57. The van der Waals surface area contributed by atoms with Crippen molar-refractivity contribution >= 4 is 12.0 Å². The third-order valence-corrected chi connectivity index (χ3v) is 2.55. The summed E-state index contributed by atoms with van der Waals surface area (Å²) < 4.78 is 10.3. The number of nitrogens with one attached hydrogen (secondary N) is 2. The van der Waals surface area contributed by atoms with Crippen LogP contribution >= 0.6 is 0 Å². The molecule has 2 amide bonds. The summed E-state index contributed by atoms with van der Waals surface area (Å²) in [5, 5.41) is 13.2. The molecule has 0 saturated heterocycles. The van der Waals surface area contributed by atoms with E-state index in [0.717, 1.165) is 5.56 Å². The molecule has 0 bridgehead atoms. The average molecular weight is 282 g/mol. The molecule has 0 spiro atoms. The van der Waals surface area contributed by atoms with Crippen molar-refractivity contribution < 1.29 is 24.2 Å². The lowest BCUT2D eigenvalue weighted by atomic mass is 10.1. The molecule has 1 aromatic carbocycles. The summed E-state index contributed by atoms with van der Waals surface area (Å²) >= 11 is 0. The Labute approximate surface area is 116 Å². The second-order valence-corrected chi connectivity index (χ2v) is 3.94. The number of methoxy groups -OCH3 is 2. The molecule has 1 rings (SSSR count). The van der Waals surface area contributed by atoms with Gasteiger partial charge in [-0.2, -0.15) is 0 Å². The number of hydrogen-bond donors (Lipinski definition) is 3. The highest BCUT2D eigenvalue weighted by Crippen LogP contribution is 2.27.